The van der Waals surface area contributed by atoms with Gasteiger partial charge >= 0.3 is 5.97 Å². The number of carbonyl (C=O) groups is 2. The second kappa shape index (κ2) is 56.2. The average molecular weight is 933 g/mol. The van der Waals surface area contributed by atoms with Gasteiger partial charge in [-0.15, -0.1) is 0 Å². The number of aliphatic hydroxyl groups excluding tert-OH is 2. The van der Waals surface area contributed by atoms with Gasteiger partial charge in [0.15, 0.2) is 0 Å². The van der Waals surface area contributed by atoms with Crippen molar-refractivity contribution < 1.29 is 24.5 Å². The summed E-state index contributed by atoms with van der Waals surface area (Å²) in [5, 5.41) is 23.1. The fourth-order valence-electron chi connectivity index (χ4n) is 9.46. The molecule has 1 amide bonds. The van der Waals surface area contributed by atoms with E-state index in [2.05, 4.69) is 19.2 Å². The minimum atomic E-state index is -0.847. The SMILES string of the molecule is CCCCCCCCCCCCCCCC/C=C/C(O)C(CO)NC(=O)CCCCCCCCCCCCCCCCCCCOC(=O)CCCCCCCCCCCCCCCCCC. The predicted octanol–water partition coefficient (Wildman–Crippen LogP) is 18.5. The van der Waals surface area contributed by atoms with E-state index in [0.29, 0.717) is 19.4 Å². The standard InChI is InChI=1S/C60H117NO5/c1-3-5-7-9-11-13-15-17-19-24-28-32-36-40-44-48-52-58(63)57(56-62)61-59(64)53-49-45-41-37-33-29-25-22-21-23-27-31-35-39-43-47-51-55-66-60(65)54-50-46-42-38-34-30-26-20-18-16-14-12-10-8-6-4-2/h48,52,57-58,62-63H,3-47,49-51,53-56H2,1-2H3,(H,61,64)/b52-48+. The zero-order valence-corrected chi connectivity index (χ0v) is 44.7. The van der Waals surface area contributed by atoms with Crippen LogP contribution in [0.1, 0.15) is 335 Å². The summed E-state index contributed by atoms with van der Waals surface area (Å²) >= 11 is 0. The lowest BCUT2D eigenvalue weighted by atomic mass is 10.0. The minimum Gasteiger partial charge on any atom is -0.466 e. The molecule has 0 spiro atoms. The smallest absolute Gasteiger partial charge is 0.305 e. The van der Waals surface area contributed by atoms with E-state index in [1.807, 2.05) is 6.08 Å². The van der Waals surface area contributed by atoms with Crippen LogP contribution >= 0.6 is 0 Å². The number of carbonyl (C=O) groups excluding carboxylic acids is 2. The Kier molecular flexibility index (Phi) is 55.0. The molecule has 6 nitrogen and oxygen atoms in total. The molecule has 66 heavy (non-hydrogen) atoms. The normalized spacial score (nSPS) is 12.6. The van der Waals surface area contributed by atoms with Crippen molar-refractivity contribution in [2.75, 3.05) is 13.2 Å². The number of hydrogen-bond donors (Lipinski definition) is 3. The van der Waals surface area contributed by atoms with Crippen molar-refractivity contribution in [3.8, 4) is 0 Å². The highest BCUT2D eigenvalue weighted by atomic mass is 16.5. The van der Waals surface area contributed by atoms with Crippen molar-refractivity contribution in [2.45, 2.75) is 347 Å². The van der Waals surface area contributed by atoms with Crippen molar-refractivity contribution >= 4 is 11.9 Å². The fraction of sp³-hybridized carbons (Fsp3) is 0.933. The molecule has 0 aromatic heterocycles. The van der Waals surface area contributed by atoms with Crippen LogP contribution in [0.4, 0.5) is 0 Å². The minimum absolute atomic E-state index is 0.00854. The van der Waals surface area contributed by atoms with Crippen LogP contribution in [0.25, 0.3) is 0 Å². The molecule has 0 heterocycles. The van der Waals surface area contributed by atoms with E-state index in [9.17, 15) is 19.8 Å². The first kappa shape index (κ1) is 64.6. The topological polar surface area (TPSA) is 95.9 Å². The first-order valence-electron chi connectivity index (χ1n) is 30.0. The molecule has 0 aliphatic rings. The molecule has 392 valence electrons. The summed E-state index contributed by atoms with van der Waals surface area (Å²) in [4.78, 5) is 24.5. The summed E-state index contributed by atoms with van der Waals surface area (Å²) in [7, 11) is 0. The Labute approximate surface area is 412 Å². The molecule has 6 heteroatoms. The molecule has 0 rings (SSSR count). The first-order valence-corrected chi connectivity index (χ1v) is 30.0. The van der Waals surface area contributed by atoms with Crippen LogP contribution in [-0.2, 0) is 14.3 Å². The van der Waals surface area contributed by atoms with Crippen molar-refractivity contribution in [1.29, 1.82) is 0 Å². The molecule has 0 fully saturated rings. The van der Waals surface area contributed by atoms with E-state index in [1.165, 1.54) is 270 Å². The van der Waals surface area contributed by atoms with E-state index in [1.54, 1.807) is 6.08 Å². The molecule has 0 bridgehead atoms. The number of aliphatic hydroxyl groups is 2. The summed E-state index contributed by atoms with van der Waals surface area (Å²) < 4.78 is 5.49. The first-order chi connectivity index (χ1) is 32.5. The Bertz CT molecular complexity index is 986. The second-order valence-electron chi connectivity index (χ2n) is 20.7. The van der Waals surface area contributed by atoms with Gasteiger partial charge in [0.25, 0.3) is 0 Å². The number of allylic oxidation sites excluding steroid dienone is 1. The largest absolute Gasteiger partial charge is 0.466 e. The van der Waals surface area contributed by atoms with E-state index < -0.39 is 12.1 Å². The summed E-state index contributed by atoms with van der Waals surface area (Å²) in [5.41, 5.74) is 0. The number of unbranched alkanes of at least 4 members (excludes halogenated alkanes) is 45. The number of ether oxygens (including phenoxy) is 1. The van der Waals surface area contributed by atoms with Gasteiger partial charge in [-0.05, 0) is 32.1 Å². The van der Waals surface area contributed by atoms with E-state index in [0.717, 1.165) is 38.5 Å². The Balaban J connectivity index is 3.42. The molecule has 0 aliphatic heterocycles. The van der Waals surface area contributed by atoms with E-state index >= 15 is 0 Å². The van der Waals surface area contributed by atoms with Crippen LogP contribution in [-0.4, -0.2) is 47.4 Å². The predicted molar refractivity (Wildman–Crippen MR) is 287 cm³/mol. The van der Waals surface area contributed by atoms with Crippen LogP contribution in [0.5, 0.6) is 0 Å². The van der Waals surface area contributed by atoms with Gasteiger partial charge < -0.3 is 20.3 Å². The fourth-order valence-corrected chi connectivity index (χ4v) is 9.46. The highest BCUT2D eigenvalue weighted by Gasteiger charge is 2.18. The summed E-state index contributed by atoms with van der Waals surface area (Å²) in [5.74, 6) is -0.0622. The Morgan fingerprint density at radius 2 is 0.697 bits per heavy atom. The van der Waals surface area contributed by atoms with Crippen molar-refractivity contribution in [1.82, 2.24) is 5.32 Å². The maximum atomic E-state index is 12.5. The van der Waals surface area contributed by atoms with Crippen LogP contribution < -0.4 is 5.32 Å². The molecule has 3 N–H and O–H groups in total. The third kappa shape index (κ3) is 52.0. The van der Waals surface area contributed by atoms with Gasteiger partial charge in [0, 0.05) is 12.8 Å². The Hall–Kier alpha value is -1.40. The quantitative estimate of drug-likeness (QED) is 0.0321. The van der Waals surface area contributed by atoms with Gasteiger partial charge in [0.2, 0.25) is 5.91 Å². The lowest BCUT2D eigenvalue weighted by Gasteiger charge is -2.20. The Morgan fingerprint density at radius 1 is 0.409 bits per heavy atom. The van der Waals surface area contributed by atoms with Gasteiger partial charge in [-0.1, -0.05) is 302 Å². The number of amides is 1. The van der Waals surface area contributed by atoms with Gasteiger partial charge in [-0.3, -0.25) is 9.59 Å². The van der Waals surface area contributed by atoms with Crippen LogP contribution in [0.2, 0.25) is 0 Å². The van der Waals surface area contributed by atoms with E-state index in [4.69, 9.17) is 4.74 Å². The molecule has 0 aliphatic carbocycles. The van der Waals surface area contributed by atoms with Gasteiger partial charge in [-0.2, -0.15) is 0 Å². The van der Waals surface area contributed by atoms with Gasteiger partial charge in [-0.25, -0.2) is 0 Å². The zero-order valence-electron chi connectivity index (χ0n) is 44.7. The third-order valence-electron chi connectivity index (χ3n) is 14.1. The van der Waals surface area contributed by atoms with Crippen molar-refractivity contribution in [2.24, 2.45) is 0 Å². The maximum absolute atomic E-state index is 12.5. The summed E-state index contributed by atoms with van der Waals surface area (Å²) in [6.45, 7) is 4.92. The molecule has 0 aromatic carbocycles. The van der Waals surface area contributed by atoms with Crippen LogP contribution in [0.15, 0.2) is 12.2 Å². The van der Waals surface area contributed by atoms with Crippen LogP contribution in [0, 0.1) is 0 Å². The molecule has 0 aromatic rings. The lowest BCUT2D eigenvalue weighted by Crippen LogP contribution is -2.45. The van der Waals surface area contributed by atoms with Crippen molar-refractivity contribution in [3.05, 3.63) is 12.2 Å². The van der Waals surface area contributed by atoms with Crippen LogP contribution in [0.3, 0.4) is 0 Å². The molecular formula is C60H117NO5. The number of rotatable bonds is 56. The lowest BCUT2D eigenvalue weighted by molar-refractivity contribution is -0.143. The molecule has 2 atom stereocenters. The number of nitrogens with one attached hydrogen (secondary N) is 1. The number of esters is 1. The summed E-state index contributed by atoms with van der Waals surface area (Å²) in [6, 6.07) is -0.631. The monoisotopic (exact) mass is 932 g/mol. The van der Waals surface area contributed by atoms with Crippen molar-refractivity contribution in [3.63, 3.8) is 0 Å². The van der Waals surface area contributed by atoms with Gasteiger partial charge in [0.1, 0.15) is 0 Å². The Morgan fingerprint density at radius 3 is 1.03 bits per heavy atom. The zero-order chi connectivity index (χ0) is 47.9. The molecule has 0 saturated heterocycles. The van der Waals surface area contributed by atoms with Gasteiger partial charge in [0.05, 0.1) is 25.4 Å². The van der Waals surface area contributed by atoms with E-state index in [-0.39, 0.29) is 18.5 Å². The highest BCUT2D eigenvalue weighted by molar-refractivity contribution is 5.76. The summed E-state index contributed by atoms with van der Waals surface area (Å²) in [6.07, 6.45) is 66.6. The molecule has 0 radical (unpaired) electrons. The molecular weight excluding hydrogens is 815 g/mol. The average Bonchev–Trinajstić information content (AvgIpc) is 3.32. The molecule has 0 saturated carbocycles. The number of hydrogen-bond acceptors (Lipinski definition) is 5. The highest BCUT2D eigenvalue weighted by Crippen LogP contribution is 2.18. The third-order valence-corrected chi connectivity index (χ3v) is 14.1. The molecule has 2 unspecified atom stereocenters. The second-order valence-corrected chi connectivity index (χ2v) is 20.7. The maximum Gasteiger partial charge on any atom is 0.305 e.